The van der Waals surface area contributed by atoms with Crippen LogP contribution in [0.3, 0.4) is 0 Å². The molecule has 8 heteroatoms. The van der Waals surface area contributed by atoms with Crippen LogP contribution < -0.4 is 20.1 Å². The Labute approximate surface area is 170 Å². The van der Waals surface area contributed by atoms with Crippen LogP contribution in [0.2, 0.25) is 0 Å². The highest BCUT2D eigenvalue weighted by Crippen LogP contribution is 2.23. The van der Waals surface area contributed by atoms with Gasteiger partial charge < -0.3 is 15.4 Å². The fourth-order valence-corrected chi connectivity index (χ4v) is 2.99. The summed E-state index contributed by atoms with van der Waals surface area (Å²) in [4.78, 5) is 4.65. The molecule has 28 heavy (non-hydrogen) atoms. The molecule has 0 bridgehead atoms. The van der Waals surface area contributed by atoms with Crippen molar-refractivity contribution in [1.82, 2.24) is 15.4 Å². The molecule has 0 amide bonds. The third kappa shape index (κ3) is 9.41. The van der Waals surface area contributed by atoms with E-state index >= 15 is 0 Å². The van der Waals surface area contributed by atoms with Crippen molar-refractivity contribution < 1.29 is 13.2 Å². The van der Waals surface area contributed by atoms with Gasteiger partial charge in [-0.05, 0) is 52.2 Å². The second-order valence-electron chi connectivity index (χ2n) is 6.72. The third-order valence-corrected chi connectivity index (χ3v) is 5.63. The van der Waals surface area contributed by atoms with Gasteiger partial charge in [-0.3, -0.25) is 0 Å². The van der Waals surface area contributed by atoms with E-state index in [-0.39, 0.29) is 11.9 Å². The number of aryl methyl sites for hydroxylation is 1. The third-order valence-electron chi connectivity index (χ3n) is 4.23. The van der Waals surface area contributed by atoms with Gasteiger partial charge in [0.15, 0.2) is 5.96 Å². The predicted octanol–water partition coefficient (Wildman–Crippen LogP) is 2.56. The molecule has 1 unspecified atom stereocenters. The SMILES string of the molecule is CCNC(=NCc1ccc(C)cc1OC(C)CC)NCCCNS(=O)(=O)CC. The van der Waals surface area contributed by atoms with Crippen LogP contribution in [0.1, 0.15) is 51.7 Å². The molecule has 160 valence electrons. The summed E-state index contributed by atoms with van der Waals surface area (Å²) in [5.41, 5.74) is 2.20. The van der Waals surface area contributed by atoms with Crippen LogP contribution in [0.4, 0.5) is 0 Å². The number of guanidine groups is 1. The first kappa shape index (κ1) is 24.2. The lowest BCUT2D eigenvalue weighted by molar-refractivity contribution is 0.215. The predicted molar refractivity (Wildman–Crippen MR) is 116 cm³/mol. The van der Waals surface area contributed by atoms with Crippen molar-refractivity contribution in [1.29, 1.82) is 0 Å². The Kier molecular flexibility index (Phi) is 10.9. The number of aliphatic imine (C=N–C) groups is 1. The topological polar surface area (TPSA) is 91.8 Å². The smallest absolute Gasteiger partial charge is 0.211 e. The maximum absolute atomic E-state index is 11.4. The lowest BCUT2D eigenvalue weighted by Crippen LogP contribution is -2.38. The van der Waals surface area contributed by atoms with Gasteiger partial charge >= 0.3 is 0 Å². The van der Waals surface area contributed by atoms with E-state index < -0.39 is 10.0 Å². The maximum Gasteiger partial charge on any atom is 0.211 e. The molecular formula is C20H36N4O3S. The molecule has 0 fully saturated rings. The Bertz CT molecular complexity index is 720. The second-order valence-corrected chi connectivity index (χ2v) is 8.82. The summed E-state index contributed by atoms with van der Waals surface area (Å²) in [5, 5.41) is 6.45. The first-order valence-corrected chi connectivity index (χ1v) is 11.7. The fraction of sp³-hybridized carbons (Fsp3) is 0.650. The van der Waals surface area contributed by atoms with E-state index in [1.165, 1.54) is 0 Å². The van der Waals surface area contributed by atoms with Crippen LogP contribution in [0.25, 0.3) is 0 Å². The van der Waals surface area contributed by atoms with Gasteiger partial charge in [0.25, 0.3) is 0 Å². The van der Waals surface area contributed by atoms with Crippen molar-refractivity contribution in [3.63, 3.8) is 0 Å². The second kappa shape index (κ2) is 12.6. The van der Waals surface area contributed by atoms with Crippen LogP contribution >= 0.6 is 0 Å². The molecule has 3 N–H and O–H groups in total. The van der Waals surface area contributed by atoms with E-state index in [0.29, 0.717) is 32.0 Å². The fourth-order valence-electron chi connectivity index (χ4n) is 2.33. The summed E-state index contributed by atoms with van der Waals surface area (Å²) >= 11 is 0. The molecule has 1 aromatic rings. The zero-order valence-electron chi connectivity index (χ0n) is 17.8. The van der Waals surface area contributed by atoms with Crippen molar-refractivity contribution in [3.05, 3.63) is 29.3 Å². The number of nitrogens with one attached hydrogen (secondary N) is 3. The van der Waals surface area contributed by atoms with E-state index in [0.717, 1.165) is 29.8 Å². The van der Waals surface area contributed by atoms with Gasteiger partial charge in [0.05, 0.1) is 18.4 Å². The molecular weight excluding hydrogens is 376 g/mol. The van der Waals surface area contributed by atoms with Gasteiger partial charge in [0, 0.05) is 25.2 Å². The molecule has 0 spiro atoms. The quantitative estimate of drug-likeness (QED) is 0.279. The molecule has 0 saturated carbocycles. The van der Waals surface area contributed by atoms with E-state index in [1.807, 2.05) is 6.92 Å². The Hall–Kier alpha value is -1.80. The van der Waals surface area contributed by atoms with Crippen LogP contribution in [-0.2, 0) is 16.6 Å². The molecule has 1 atom stereocenters. The van der Waals surface area contributed by atoms with Crippen molar-refractivity contribution in [2.24, 2.45) is 4.99 Å². The molecule has 0 aromatic heterocycles. The van der Waals surface area contributed by atoms with E-state index in [1.54, 1.807) is 6.92 Å². The normalized spacial score (nSPS) is 13.2. The van der Waals surface area contributed by atoms with Gasteiger partial charge in [-0.15, -0.1) is 0 Å². The Morgan fingerprint density at radius 3 is 2.57 bits per heavy atom. The van der Waals surface area contributed by atoms with Crippen molar-refractivity contribution in [2.75, 3.05) is 25.4 Å². The highest BCUT2D eigenvalue weighted by molar-refractivity contribution is 7.89. The van der Waals surface area contributed by atoms with Crippen molar-refractivity contribution in [3.8, 4) is 5.75 Å². The van der Waals surface area contributed by atoms with Gasteiger partial charge in [0.1, 0.15) is 5.75 Å². The number of ether oxygens (including phenoxy) is 1. The van der Waals surface area contributed by atoms with Crippen LogP contribution in [0.5, 0.6) is 5.75 Å². The highest BCUT2D eigenvalue weighted by Gasteiger charge is 2.08. The summed E-state index contributed by atoms with van der Waals surface area (Å²) < 4.78 is 31.5. The minimum atomic E-state index is -3.13. The minimum absolute atomic E-state index is 0.0993. The molecule has 7 nitrogen and oxygen atoms in total. The Morgan fingerprint density at radius 1 is 1.18 bits per heavy atom. The van der Waals surface area contributed by atoms with Crippen LogP contribution in [0.15, 0.2) is 23.2 Å². The molecule has 1 rings (SSSR count). The molecule has 0 aliphatic rings. The Balaban J connectivity index is 2.66. The molecule has 0 heterocycles. The summed E-state index contributed by atoms with van der Waals surface area (Å²) in [5.74, 6) is 1.68. The van der Waals surface area contributed by atoms with Gasteiger partial charge in [-0.1, -0.05) is 19.1 Å². The number of hydrogen-bond donors (Lipinski definition) is 3. The largest absolute Gasteiger partial charge is 0.490 e. The zero-order chi connectivity index (χ0) is 21.0. The first-order chi connectivity index (χ1) is 13.3. The van der Waals surface area contributed by atoms with E-state index in [4.69, 9.17) is 4.74 Å². The monoisotopic (exact) mass is 412 g/mol. The highest BCUT2D eigenvalue weighted by atomic mass is 32.2. The average molecular weight is 413 g/mol. The van der Waals surface area contributed by atoms with Gasteiger partial charge in [0.2, 0.25) is 10.0 Å². The van der Waals surface area contributed by atoms with Crippen LogP contribution in [-0.4, -0.2) is 45.9 Å². The zero-order valence-corrected chi connectivity index (χ0v) is 18.7. The van der Waals surface area contributed by atoms with Crippen LogP contribution in [0, 0.1) is 6.92 Å². The molecule has 0 saturated heterocycles. The minimum Gasteiger partial charge on any atom is -0.490 e. The number of hydrogen-bond acceptors (Lipinski definition) is 4. The van der Waals surface area contributed by atoms with Gasteiger partial charge in [-0.2, -0.15) is 0 Å². The maximum atomic E-state index is 11.4. The van der Waals surface area contributed by atoms with E-state index in [9.17, 15) is 8.42 Å². The van der Waals surface area contributed by atoms with Gasteiger partial charge in [-0.25, -0.2) is 18.1 Å². The van der Waals surface area contributed by atoms with E-state index in [2.05, 4.69) is 59.3 Å². The number of rotatable bonds is 12. The molecule has 0 aliphatic carbocycles. The summed E-state index contributed by atoms with van der Waals surface area (Å²) in [6.45, 7) is 12.1. The lowest BCUT2D eigenvalue weighted by atomic mass is 10.1. The standard InChI is InChI=1S/C20H36N4O3S/c1-6-17(5)27-19-14-16(4)10-11-18(19)15-23-20(21-7-2)22-12-9-13-24-28(25,26)8-3/h10-11,14,17,24H,6-9,12-13,15H2,1-5H3,(H2,21,22,23). The molecule has 0 radical (unpaired) electrons. The number of nitrogens with zero attached hydrogens (tertiary/aromatic N) is 1. The number of benzene rings is 1. The van der Waals surface area contributed by atoms with Crippen molar-refractivity contribution >= 4 is 16.0 Å². The Morgan fingerprint density at radius 2 is 1.93 bits per heavy atom. The average Bonchev–Trinajstić information content (AvgIpc) is 2.66. The molecule has 0 aliphatic heterocycles. The first-order valence-electron chi connectivity index (χ1n) is 10.1. The summed E-state index contributed by atoms with van der Waals surface area (Å²) in [6, 6.07) is 6.17. The summed E-state index contributed by atoms with van der Waals surface area (Å²) in [6.07, 6.45) is 1.78. The lowest BCUT2D eigenvalue weighted by Gasteiger charge is -2.17. The molecule has 1 aromatic carbocycles. The van der Waals surface area contributed by atoms with Crippen molar-refractivity contribution in [2.45, 2.75) is 60.1 Å². The summed E-state index contributed by atoms with van der Waals surface area (Å²) in [7, 11) is -3.13. The number of sulfonamides is 1.